The maximum atomic E-state index is 8.74. The third kappa shape index (κ3) is 4.69. The highest BCUT2D eigenvalue weighted by Crippen LogP contribution is 2.25. The number of aromatic nitrogens is 1. The van der Waals surface area contributed by atoms with Crippen molar-refractivity contribution in [2.75, 3.05) is 20.2 Å². The standard InChI is InChI=1S/C14H20N2OS2/c1-16(6-3-2-4-7-17)9-13-11-19-14(15-13)12-5-8-18-10-12/h5,8,10-11,17H,2-4,6-7,9H2,1H3. The largest absolute Gasteiger partial charge is 0.396 e. The zero-order chi connectivity index (χ0) is 13.5. The van der Waals surface area contributed by atoms with E-state index in [0.29, 0.717) is 6.61 Å². The van der Waals surface area contributed by atoms with Crippen molar-refractivity contribution in [3.8, 4) is 10.6 Å². The van der Waals surface area contributed by atoms with Gasteiger partial charge in [-0.15, -0.1) is 11.3 Å². The zero-order valence-corrected chi connectivity index (χ0v) is 12.8. The van der Waals surface area contributed by atoms with E-state index in [0.717, 1.165) is 43.1 Å². The molecule has 0 saturated carbocycles. The monoisotopic (exact) mass is 296 g/mol. The molecule has 0 aliphatic heterocycles. The molecule has 0 radical (unpaired) electrons. The highest BCUT2D eigenvalue weighted by Gasteiger charge is 2.07. The van der Waals surface area contributed by atoms with Gasteiger partial charge < -0.3 is 10.0 Å². The minimum absolute atomic E-state index is 0.305. The summed E-state index contributed by atoms with van der Waals surface area (Å²) >= 11 is 3.43. The molecular weight excluding hydrogens is 276 g/mol. The number of nitrogens with zero attached hydrogens (tertiary/aromatic N) is 2. The quantitative estimate of drug-likeness (QED) is 0.758. The first-order valence-electron chi connectivity index (χ1n) is 6.56. The number of hydrogen-bond donors (Lipinski definition) is 1. The second-order valence-corrected chi connectivity index (χ2v) is 6.32. The van der Waals surface area contributed by atoms with Gasteiger partial charge in [-0.2, -0.15) is 11.3 Å². The molecule has 2 aromatic heterocycles. The summed E-state index contributed by atoms with van der Waals surface area (Å²) in [7, 11) is 2.13. The normalized spacial score (nSPS) is 11.3. The van der Waals surface area contributed by atoms with Crippen LogP contribution in [-0.2, 0) is 6.54 Å². The van der Waals surface area contributed by atoms with Gasteiger partial charge in [0.25, 0.3) is 0 Å². The van der Waals surface area contributed by atoms with Gasteiger partial charge >= 0.3 is 0 Å². The fourth-order valence-corrected chi connectivity index (χ4v) is 3.45. The van der Waals surface area contributed by atoms with Crippen LogP contribution in [0.5, 0.6) is 0 Å². The summed E-state index contributed by atoms with van der Waals surface area (Å²) in [5.41, 5.74) is 2.38. The summed E-state index contributed by atoms with van der Waals surface area (Å²) in [6, 6.07) is 2.12. The molecule has 0 unspecified atom stereocenters. The summed E-state index contributed by atoms with van der Waals surface area (Å²) in [6.07, 6.45) is 3.14. The molecule has 0 aliphatic carbocycles. The minimum atomic E-state index is 0.305. The SMILES string of the molecule is CN(CCCCCO)Cc1csc(-c2ccsc2)n1. The van der Waals surface area contributed by atoms with Crippen molar-refractivity contribution in [3.63, 3.8) is 0 Å². The van der Waals surface area contributed by atoms with E-state index in [2.05, 4.69) is 39.1 Å². The van der Waals surface area contributed by atoms with Crippen LogP contribution in [-0.4, -0.2) is 35.2 Å². The number of aliphatic hydroxyl groups is 1. The smallest absolute Gasteiger partial charge is 0.124 e. The molecule has 0 aliphatic rings. The van der Waals surface area contributed by atoms with Gasteiger partial charge in [0.1, 0.15) is 5.01 Å². The minimum Gasteiger partial charge on any atom is -0.396 e. The van der Waals surface area contributed by atoms with E-state index >= 15 is 0 Å². The topological polar surface area (TPSA) is 36.4 Å². The van der Waals surface area contributed by atoms with E-state index in [-0.39, 0.29) is 0 Å². The molecule has 5 heteroatoms. The van der Waals surface area contributed by atoms with Crippen LogP contribution in [0.25, 0.3) is 10.6 Å². The van der Waals surface area contributed by atoms with Gasteiger partial charge in [-0.05, 0) is 44.3 Å². The lowest BCUT2D eigenvalue weighted by Gasteiger charge is -2.14. The van der Waals surface area contributed by atoms with Crippen molar-refractivity contribution in [2.24, 2.45) is 0 Å². The van der Waals surface area contributed by atoms with Crippen LogP contribution in [0, 0.1) is 0 Å². The lowest BCUT2D eigenvalue weighted by atomic mass is 10.2. The Morgan fingerprint density at radius 3 is 2.89 bits per heavy atom. The Balaban J connectivity index is 1.79. The van der Waals surface area contributed by atoms with E-state index < -0.39 is 0 Å². The summed E-state index contributed by atoms with van der Waals surface area (Å²) in [5, 5.41) is 16.2. The molecule has 1 N–H and O–H groups in total. The van der Waals surface area contributed by atoms with Crippen molar-refractivity contribution in [1.82, 2.24) is 9.88 Å². The summed E-state index contributed by atoms with van der Waals surface area (Å²) < 4.78 is 0. The second-order valence-electron chi connectivity index (χ2n) is 4.68. The Morgan fingerprint density at radius 1 is 1.26 bits per heavy atom. The number of thiophene rings is 1. The van der Waals surface area contributed by atoms with E-state index in [1.54, 1.807) is 22.7 Å². The molecule has 0 aromatic carbocycles. The molecule has 104 valence electrons. The molecular formula is C14H20N2OS2. The average molecular weight is 296 g/mol. The Bertz CT molecular complexity index is 468. The van der Waals surface area contributed by atoms with Crippen LogP contribution in [0.4, 0.5) is 0 Å². The van der Waals surface area contributed by atoms with E-state index in [9.17, 15) is 0 Å². The van der Waals surface area contributed by atoms with Gasteiger partial charge in [0, 0.05) is 29.5 Å². The first kappa shape index (κ1) is 14.7. The number of thiazole rings is 1. The van der Waals surface area contributed by atoms with Gasteiger partial charge in [0.2, 0.25) is 0 Å². The third-order valence-electron chi connectivity index (χ3n) is 2.95. The van der Waals surface area contributed by atoms with Gasteiger partial charge in [0.15, 0.2) is 0 Å². The van der Waals surface area contributed by atoms with Crippen molar-refractivity contribution in [2.45, 2.75) is 25.8 Å². The van der Waals surface area contributed by atoms with E-state index in [4.69, 9.17) is 5.11 Å². The molecule has 0 amide bonds. The Labute approximate surface area is 122 Å². The number of rotatable bonds is 8. The van der Waals surface area contributed by atoms with Crippen LogP contribution in [0.15, 0.2) is 22.2 Å². The van der Waals surface area contributed by atoms with Crippen LogP contribution >= 0.6 is 22.7 Å². The molecule has 0 fully saturated rings. The Morgan fingerprint density at radius 2 is 2.16 bits per heavy atom. The molecule has 2 heterocycles. The fourth-order valence-electron chi connectivity index (χ4n) is 1.92. The molecule has 19 heavy (non-hydrogen) atoms. The highest BCUT2D eigenvalue weighted by atomic mass is 32.1. The van der Waals surface area contributed by atoms with Crippen molar-refractivity contribution in [3.05, 3.63) is 27.9 Å². The second kappa shape index (κ2) is 7.75. The summed E-state index contributed by atoms with van der Waals surface area (Å²) in [5.74, 6) is 0. The highest BCUT2D eigenvalue weighted by molar-refractivity contribution is 7.14. The summed E-state index contributed by atoms with van der Waals surface area (Å²) in [6.45, 7) is 2.27. The van der Waals surface area contributed by atoms with Crippen molar-refractivity contribution >= 4 is 22.7 Å². The number of aliphatic hydroxyl groups excluding tert-OH is 1. The van der Waals surface area contributed by atoms with Crippen LogP contribution in [0.1, 0.15) is 25.0 Å². The number of hydrogen-bond acceptors (Lipinski definition) is 5. The lowest BCUT2D eigenvalue weighted by molar-refractivity contribution is 0.270. The van der Waals surface area contributed by atoms with Gasteiger partial charge in [0.05, 0.1) is 5.69 Å². The predicted molar refractivity (Wildman–Crippen MR) is 82.7 cm³/mol. The molecule has 0 bridgehead atoms. The molecule has 2 rings (SSSR count). The fraction of sp³-hybridized carbons (Fsp3) is 0.500. The van der Waals surface area contributed by atoms with Gasteiger partial charge in [-0.1, -0.05) is 0 Å². The first-order valence-corrected chi connectivity index (χ1v) is 8.38. The molecule has 0 saturated heterocycles. The molecule has 2 aromatic rings. The van der Waals surface area contributed by atoms with Gasteiger partial charge in [-0.25, -0.2) is 4.98 Å². The Kier molecular flexibility index (Phi) is 5.97. The Hall–Kier alpha value is -0.750. The van der Waals surface area contributed by atoms with Crippen LogP contribution < -0.4 is 0 Å². The van der Waals surface area contributed by atoms with Crippen LogP contribution in [0.2, 0.25) is 0 Å². The predicted octanol–water partition coefficient (Wildman–Crippen LogP) is 3.47. The average Bonchev–Trinajstić information content (AvgIpc) is 3.04. The van der Waals surface area contributed by atoms with E-state index in [1.165, 1.54) is 5.56 Å². The third-order valence-corrected chi connectivity index (χ3v) is 4.57. The van der Waals surface area contributed by atoms with Gasteiger partial charge in [-0.3, -0.25) is 0 Å². The van der Waals surface area contributed by atoms with Crippen LogP contribution in [0.3, 0.4) is 0 Å². The lowest BCUT2D eigenvalue weighted by Crippen LogP contribution is -2.19. The maximum absolute atomic E-state index is 8.74. The zero-order valence-electron chi connectivity index (χ0n) is 11.2. The van der Waals surface area contributed by atoms with E-state index in [1.807, 2.05) is 0 Å². The van der Waals surface area contributed by atoms with Crippen molar-refractivity contribution < 1.29 is 5.11 Å². The first-order chi connectivity index (χ1) is 9.29. The molecule has 0 atom stereocenters. The number of unbranched alkanes of at least 4 members (excludes halogenated alkanes) is 2. The van der Waals surface area contributed by atoms with Crippen molar-refractivity contribution in [1.29, 1.82) is 0 Å². The summed E-state index contributed by atoms with van der Waals surface area (Å²) in [4.78, 5) is 6.98. The molecule has 0 spiro atoms. The maximum Gasteiger partial charge on any atom is 0.124 e. The molecule has 3 nitrogen and oxygen atoms in total.